The highest BCUT2D eigenvalue weighted by atomic mass is 35.5. The quantitative estimate of drug-likeness (QED) is 0.656. The molecule has 2 aliphatic rings. The van der Waals surface area contributed by atoms with Gasteiger partial charge in [0, 0.05) is 37.6 Å². The molecule has 1 aliphatic heterocycles. The number of nitrogens with zero attached hydrogens (tertiary/aromatic N) is 2. The van der Waals surface area contributed by atoms with Gasteiger partial charge in [-0.05, 0) is 48.7 Å². The molecule has 3 N–H and O–H groups in total. The maximum absolute atomic E-state index is 12.3. The second kappa shape index (κ2) is 9.32. The van der Waals surface area contributed by atoms with E-state index in [4.69, 9.17) is 16.3 Å². The van der Waals surface area contributed by atoms with Crippen LogP contribution >= 0.6 is 11.6 Å². The van der Waals surface area contributed by atoms with Crippen LogP contribution in [0.5, 0.6) is 0 Å². The van der Waals surface area contributed by atoms with Crippen molar-refractivity contribution in [1.82, 2.24) is 15.6 Å². The molecule has 1 aliphatic carbocycles. The fraction of sp³-hybridized carbons (Fsp3) is 0.381. The molecule has 4 rings (SSSR count). The van der Waals surface area contributed by atoms with Crippen LogP contribution in [-0.2, 0) is 11.3 Å². The zero-order valence-corrected chi connectivity index (χ0v) is 17.2. The standard InChI is InChI=1S/C21H24ClN5O3/c22-18-4-3-16(12-17(18)20(28)25-15-1-2-15)26-21(29)24-13-14-5-6-23-19(11-14)27-7-9-30-10-8-27/h3-6,11-12,15H,1-2,7-10,13H2,(H,25,28)(H2,24,26,29). The van der Waals surface area contributed by atoms with Crippen LogP contribution in [0, 0.1) is 0 Å². The molecule has 30 heavy (non-hydrogen) atoms. The Balaban J connectivity index is 1.33. The molecule has 0 atom stereocenters. The molecular formula is C21H24ClN5O3. The number of hydrogen-bond donors (Lipinski definition) is 3. The summed E-state index contributed by atoms with van der Waals surface area (Å²) in [6.45, 7) is 3.34. The van der Waals surface area contributed by atoms with E-state index in [1.807, 2.05) is 12.1 Å². The van der Waals surface area contributed by atoms with Gasteiger partial charge >= 0.3 is 6.03 Å². The fourth-order valence-electron chi connectivity index (χ4n) is 3.16. The van der Waals surface area contributed by atoms with Crippen molar-refractivity contribution in [2.75, 3.05) is 36.5 Å². The number of benzene rings is 1. The average molecular weight is 430 g/mol. The summed E-state index contributed by atoms with van der Waals surface area (Å²) in [5, 5.41) is 8.83. The van der Waals surface area contributed by atoms with Crippen molar-refractivity contribution in [2.45, 2.75) is 25.4 Å². The Kier molecular flexibility index (Phi) is 6.35. The first kappa shape index (κ1) is 20.4. The highest BCUT2D eigenvalue weighted by molar-refractivity contribution is 6.34. The maximum atomic E-state index is 12.3. The summed E-state index contributed by atoms with van der Waals surface area (Å²) in [5.41, 5.74) is 1.80. The van der Waals surface area contributed by atoms with E-state index in [1.165, 1.54) is 0 Å². The molecule has 1 aromatic heterocycles. The van der Waals surface area contributed by atoms with Crippen LogP contribution < -0.4 is 20.9 Å². The van der Waals surface area contributed by atoms with Crippen LogP contribution in [-0.4, -0.2) is 49.3 Å². The van der Waals surface area contributed by atoms with Crippen LogP contribution in [0.1, 0.15) is 28.8 Å². The summed E-state index contributed by atoms with van der Waals surface area (Å²) < 4.78 is 5.37. The smallest absolute Gasteiger partial charge is 0.319 e. The first-order chi connectivity index (χ1) is 14.6. The monoisotopic (exact) mass is 429 g/mol. The van der Waals surface area contributed by atoms with Gasteiger partial charge < -0.3 is 25.6 Å². The number of morpholine rings is 1. The van der Waals surface area contributed by atoms with Gasteiger partial charge in [-0.2, -0.15) is 0 Å². The number of halogens is 1. The largest absolute Gasteiger partial charge is 0.378 e. The van der Waals surface area contributed by atoms with Gasteiger partial charge in [-0.15, -0.1) is 0 Å². The van der Waals surface area contributed by atoms with Crippen LogP contribution in [0.4, 0.5) is 16.3 Å². The number of rotatable bonds is 6. The molecule has 2 fully saturated rings. The Hall–Kier alpha value is -2.84. The molecule has 2 heterocycles. The summed E-state index contributed by atoms with van der Waals surface area (Å²) in [7, 11) is 0. The predicted octanol–water partition coefficient (Wildman–Crippen LogP) is 2.79. The molecule has 8 nitrogen and oxygen atoms in total. The lowest BCUT2D eigenvalue weighted by Crippen LogP contribution is -2.36. The van der Waals surface area contributed by atoms with Crippen LogP contribution in [0.25, 0.3) is 0 Å². The molecule has 3 amide bonds. The lowest BCUT2D eigenvalue weighted by atomic mass is 10.2. The third-order valence-electron chi connectivity index (χ3n) is 4.98. The molecule has 158 valence electrons. The van der Waals surface area contributed by atoms with Crippen LogP contribution in [0.3, 0.4) is 0 Å². The Morgan fingerprint density at radius 1 is 1.17 bits per heavy atom. The molecule has 1 saturated heterocycles. The van der Waals surface area contributed by atoms with Crippen molar-refractivity contribution >= 4 is 35.0 Å². The lowest BCUT2D eigenvalue weighted by Gasteiger charge is -2.28. The number of amides is 3. The third kappa shape index (κ3) is 5.40. The van der Waals surface area contributed by atoms with Gasteiger partial charge in [0.05, 0.1) is 23.8 Å². The van der Waals surface area contributed by atoms with Gasteiger partial charge in [0.1, 0.15) is 5.82 Å². The Bertz CT molecular complexity index is 929. The minimum atomic E-state index is -0.365. The van der Waals surface area contributed by atoms with Gasteiger partial charge in [-0.25, -0.2) is 9.78 Å². The van der Waals surface area contributed by atoms with E-state index in [2.05, 4.69) is 25.8 Å². The van der Waals surface area contributed by atoms with Crippen molar-refractivity contribution in [2.24, 2.45) is 0 Å². The number of carbonyl (C=O) groups is 2. The lowest BCUT2D eigenvalue weighted by molar-refractivity contribution is 0.0951. The third-order valence-corrected chi connectivity index (χ3v) is 5.31. The molecule has 0 bridgehead atoms. The number of hydrogen-bond acceptors (Lipinski definition) is 5. The van der Waals surface area contributed by atoms with Crippen molar-refractivity contribution < 1.29 is 14.3 Å². The summed E-state index contributed by atoms with van der Waals surface area (Å²) in [6.07, 6.45) is 3.72. The number of ether oxygens (including phenoxy) is 1. The second-order valence-electron chi connectivity index (χ2n) is 7.37. The highest BCUT2D eigenvalue weighted by Crippen LogP contribution is 2.24. The Labute approximate surface area is 179 Å². The van der Waals surface area contributed by atoms with E-state index in [1.54, 1.807) is 24.4 Å². The fourth-order valence-corrected chi connectivity index (χ4v) is 3.36. The second-order valence-corrected chi connectivity index (χ2v) is 7.78. The zero-order chi connectivity index (χ0) is 20.9. The summed E-state index contributed by atoms with van der Waals surface area (Å²) in [4.78, 5) is 31.2. The summed E-state index contributed by atoms with van der Waals surface area (Å²) in [5.74, 6) is 0.654. The van der Waals surface area contributed by atoms with Gasteiger partial charge in [-0.1, -0.05) is 11.6 Å². The van der Waals surface area contributed by atoms with E-state index in [9.17, 15) is 9.59 Å². The van der Waals surface area contributed by atoms with E-state index in [0.717, 1.165) is 37.3 Å². The van der Waals surface area contributed by atoms with E-state index >= 15 is 0 Å². The van der Waals surface area contributed by atoms with Crippen molar-refractivity contribution in [3.8, 4) is 0 Å². The summed E-state index contributed by atoms with van der Waals surface area (Å²) >= 11 is 6.14. The molecule has 0 radical (unpaired) electrons. The van der Waals surface area contributed by atoms with Crippen molar-refractivity contribution in [1.29, 1.82) is 0 Å². The van der Waals surface area contributed by atoms with Gasteiger partial charge in [0.2, 0.25) is 0 Å². The van der Waals surface area contributed by atoms with Crippen molar-refractivity contribution in [3.63, 3.8) is 0 Å². The highest BCUT2D eigenvalue weighted by Gasteiger charge is 2.25. The average Bonchev–Trinajstić information content (AvgIpc) is 3.58. The molecule has 1 saturated carbocycles. The predicted molar refractivity (Wildman–Crippen MR) is 115 cm³/mol. The van der Waals surface area contributed by atoms with Gasteiger partial charge in [-0.3, -0.25) is 4.79 Å². The number of carbonyl (C=O) groups excluding carboxylic acids is 2. The minimum absolute atomic E-state index is 0.223. The number of urea groups is 1. The summed E-state index contributed by atoms with van der Waals surface area (Å²) in [6, 6.07) is 8.56. The Morgan fingerprint density at radius 3 is 2.73 bits per heavy atom. The van der Waals surface area contributed by atoms with Crippen LogP contribution in [0.2, 0.25) is 5.02 Å². The molecule has 0 spiro atoms. The molecule has 9 heteroatoms. The molecular weight excluding hydrogens is 406 g/mol. The Morgan fingerprint density at radius 2 is 1.97 bits per heavy atom. The molecule has 2 aromatic rings. The topological polar surface area (TPSA) is 95.6 Å². The first-order valence-electron chi connectivity index (χ1n) is 10.0. The number of nitrogens with one attached hydrogen (secondary N) is 3. The van der Waals surface area contributed by atoms with Crippen molar-refractivity contribution in [3.05, 3.63) is 52.7 Å². The van der Waals surface area contributed by atoms with E-state index < -0.39 is 0 Å². The first-order valence-corrected chi connectivity index (χ1v) is 10.4. The SMILES string of the molecule is O=C(NCc1ccnc(N2CCOCC2)c1)Nc1ccc(Cl)c(C(=O)NC2CC2)c1. The number of aromatic nitrogens is 1. The number of pyridine rings is 1. The maximum Gasteiger partial charge on any atom is 0.319 e. The molecule has 1 aromatic carbocycles. The molecule has 0 unspecified atom stereocenters. The minimum Gasteiger partial charge on any atom is -0.378 e. The van der Waals surface area contributed by atoms with E-state index in [-0.39, 0.29) is 18.0 Å². The number of anilines is 2. The van der Waals surface area contributed by atoms with Gasteiger partial charge in [0.15, 0.2) is 0 Å². The zero-order valence-electron chi connectivity index (χ0n) is 16.5. The van der Waals surface area contributed by atoms with Gasteiger partial charge in [0.25, 0.3) is 5.91 Å². The van der Waals surface area contributed by atoms with E-state index in [0.29, 0.717) is 36.0 Å². The normalized spacial score (nSPS) is 16.1. The van der Waals surface area contributed by atoms with Crippen LogP contribution in [0.15, 0.2) is 36.5 Å².